The molecule has 0 bridgehead atoms. The average Bonchev–Trinajstić information content (AvgIpc) is 3.25. The number of aromatic hydroxyl groups is 1. The first-order chi connectivity index (χ1) is 29.4. The second-order valence-corrected chi connectivity index (χ2v) is 15.8. The summed E-state index contributed by atoms with van der Waals surface area (Å²) in [6.45, 7) is 4.70. The summed E-state index contributed by atoms with van der Waals surface area (Å²) in [5.41, 5.74) is 9.31. The van der Waals surface area contributed by atoms with Crippen molar-refractivity contribution in [1.29, 1.82) is 0 Å². The van der Waals surface area contributed by atoms with Gasteiger partial charge in [-0.1, -0.05) is 105 Å². The van der Waals surface area contributed by atoms with Crippen molar-refractivity contribution >= 4 is 29.5 Å². The topological polar surface area (TPSA) is 212 Å². The summed E-state index contributed by atoms with van der Waals surface area (Å²) >= 11 is 0. The van der Waals surface area contributed by atoms with Crippen molar-refractivity contribution in [3.05, 3.63) is 131 Å². The Morgan fingerprint density at radius 3 is 1.85 bits per heavy atom. The smallest absolute Gasteiger partial charge is 0.245 e. The van der Waals surface area contributed by atoms with Gasteiger partial charge in [0.05, 0.1) is 6.61 Å². The van der Waals surface area contributed by atoms with Crippen LogP contribution in [0.4, 0.5) is 0 Å². The Kier molecular flexibility index (Phi) is 17.2. The first-order valence-electron chi connectivity index (χ1n) is 20.8. The van der Waals surface area contributed by atoms with Crippen LogP contribution in [-0.4, -0.2) is 101 Å². The predicted octanol–water partition coefficient (Wildman–Crippen LogP) is 2.77. The Bertz CT molecular complexity index is 2040. The third-order valence-electron chi connectivity index (χ3n) is 10.7. The molecule has 0 saturated carbocycles. The molecule has 8 N–H and O–H groups in total. The number of nitrogens with zero attached hydrogens (tertiary/aromatic N) is 1. The quantitative estimate of drug-likeness (QED) is 0.0657. The number of primary amides is 1. The Morgan fingerprint density at radius 2 is 1.23 bits per heavy atom. The van der Waals surface area contributed by atoms with Crippen LogP contribution in [0.15, 0.2) is 109 Å². The molecule has 0 spiro atoms. The molecule has 61 heavy (non-hydrogen) atoms. The van der Waals surface area contributed by atoms with Gasteiger partial charge in [-0.3, -0.25) is 24.0 Å². The van der Waals surface area contributed by atoms with Gasteiger partial charge in [0, 0.05) is 45.3 Å². The number of carbonyl (C=O) groups excluding carboxylic acids is 5. The molecule has 14 heteroatoms. The van der Waals surface area contributed by atoms with Gasteiger partial charge in [-0.15, -0.1) is 0 Å². The lowest BCUT2D eigenvalue weighted by Gasteiger charge is -2.32. The number of rotatable bonds is 21. The molecule has 5 amide bonds. The molecule has 1 aliphatic heterocycles. The van der Waals surface area contributed by atoms with Gasteiger partial charge in [0.15, 0.2) is 0 Å². The lowest BCUT2D eigenvalue weighted by molar-refractivity contribution is -0.135. The number of likely N-dealkylation sites (tertiary alicyclic amines) is 1. The number of aliphatic hydroxyl groups excluding tert-OH is 1. The molecule has 1 saturated heterocycles. The number of hydrogen-bond donors (Lipinski definition) is 7. The molecule has 0 radical (unpaired) electrons. The number of hydrogen-bond acceptors (Lipinski definition) is 9. The van der Waals surface area contributed by atoms with E-state index in [1.54, 1.807) is 50.2 Å². The van der Waals surface area contributed by atoms with Crippen LogP contribution in [0, 0.1) is 5.92 Å². The number of carbonyl (C=O) groups is 5. The van der Waals surface area contributed by atoms with Crippen molar-refractivity contribution in [2.45, 2.75) is 82.6 Å². The molecule has 14 nitrogen and oxygen atoms in total. The molecule has 1 heterocycles. The van der Waals surface area contributed by atoms with Gasteiger partial charge in [-0.25, -0.2) is 0 Å². The summed E-state index contributed by atoms with van der Waals surface area (Å²) in [6, 6.07) is 28.5. The van der Waals surface area contributed by atoms with E-state index >= 15 is 0 Å². The normalized spacial score (nSPS) is 15.1. The van der Waals surface area contributed by atoms with Crippen LogP contribution in [0.1, 0.15) is 55.4 Å². The van der Waals surface area contributed by atoms with Gasteiger partial charge >= 0.3 is 0 Å². The maximum atomic E-state index is 13.7. The van der Waals surface area contributed by atoms with Gasteiger partial charge in [0.2, 0.25) is 29.5 Å². The highest BCUT2D eigenvalue weighted by Crippen LogP contribution is 2.25. The summed E-state index contributed by atoms with van der Waals surface area (Å²) in [6.07, 6.45) is 2.65. The highest BCUT2D eigenvalue weighted by molar-refractivity contribution is 5.95. The summed E-state index contributed by atoms with van der Waals surface area (Å²) in [7, 11) is 0. The average molecular weight is 835 g/mol. The first kappa shape index (κ1) is 45.8. The number of amides is 5. The number of ether oxygens (including phenoxy) is 1. The van der Waals surface area contributed by atoms with E-state index in [1.165, 1.54) is 17.7 Å². The summed E-state index contributed by atoms with van der Waals surface area (Å²) in [5, 5.41) is 30.6. The maximum absolute atomic E-state index is 13.7. The summed E-state index contributed by atoms with van der Waals surface area (Å²) < 4.78 is 6.46. The van der Waals surface area contributed by atoms with Gasteiger partial charge < -0.3 is 46.9 Å². The van der Waals surface area contributed by atoms with Crippen LogP contribution in [0.2, 0.25) is 0 Å². The molecule has 4 aromatic rings. The van der Waals surface area contributed by atoms with Crippen molar-refractivity contribution in [3.63, 3.8) is 0 Å². The van der Waals surface area contributed by atoms with Crippen LogP contribution in [-0.2, 0) is 43.2 Å². The van der Waals surface area contributed by atoms with Gasteiger partial charge in [-0.05, 0) is 59.2 Å². The van der Waals surface area contributed by atoms with Gasteiger partial charge in [0.1, 0.15) is 41.8 Å². The highest BCUT2D eigenvalue weighted by Gasteiger charge is 2.32. The Morgan fingerprint density at radius 1 is 0.689 bits per heavy atom. The lowest BCUT2D eigenvalue weighted by atomic mass is 10.0. The third-order valence-corrected chi connectivity index (χ3v) is 10.7. The number of phenolic OH excluding ortho intramolecular Hbond substituents is 1. The largest absolute Gasteiger partial charge is 0.508 e. The fraction of sp³-hybridized carbons (Fsp3) is 0.383. The molecule has 4 aromatic carbocycles. The number of nitrogens with one attached hydrogen (secondary N) is 4. The zero-order chi connectivity index (χ0) is 43.7. The Hall–Kier alpha value is -6.25. The van der Waals surface area contributed by atoms with Crippen LogP contribution in [0.3, 0.4) is 0 Å². The Labute approximate surface area is 357 Å². The van der Waals surface area contributed by atoms with Crippen molar-refractivity contribution in [1.82, 2.24) is 26.2 Å². The number of para-hydroxylation sites is 1. The van der Waals surface area contributed by atoms with Crippen LogP contribution in [0.25, 0.3) is 0 Å². The maximum Gasteiger partial charge on any atom is 0.245 e. The molecule has 5 rings (SSSR count). The minimum atomic E-state index is -1.48. The minimum absolute atomic E-state index is 0.00282. The highest BCUT2D eigenvalue weighted by atomic mass is 16.5. The molecule has 4 atom stereocenters. The van der Waals surface area contributed by atoms with E-state index in [4.69, 9.17) is 10.5 Å². The molecule has 324 valence electrons. The SMILES string of the molecule is CC(C)[C@H](NC(=O)CCN1CCC(Oc2ccccc2Cc2ccccc2)CC1)C(=O)N[C@@H](CO)C(=O)N[C@@H](Cc1ccc(O)cc1)C(=O)N[C@@H](Cc1ccccc1)C(N)=O. The van der Waals surface area contributed by atoms with Gasteiger partial charge in [0.25, 0.3) is 0 Å². The fourth-order valence-corrected chi connectivity index (χ4v) is 7.20. The van der Waals surface area contributed by atoms with Crippen molar-refractivity contribution in [2.75, 3.05) is 26.2 Å². The monoisotopic (exact) mass is 834 g/mol. The second kappa shape index (κ2) is 22.9. The van der Waals surface area contributed by atoms with Crippen LogP contribution < -0.4 is 31.7 Å². The third kappa shape index (κ3) is 14.5. The predicted molar refractivity (Wildman–Crippen MR) is 231 cm³/mol. The zero-order valence-corrected chi connectivity index (χ0v) is 34.8. The molecular weight excluding hydrogens is 777 g/mol. The summed E-state index contributed by atoms with van der Waals surface area (Å²) in [5.74, 6) is -2.87. The minimum Gasteiger partial charge on any atom is -0.508 e. The second-order valence-electron chi connectivity index (χ2n) is 15.8. The zero-order valence-electron chi connectivity index (χ0n) is 34.8. The number of aliphatic hydroxyl groups is 1. The summed E-state index contributed by atoms with van der Waals surface area (Å²) in [4.78, 5) is 68.6. The standard InChI is InChI=1S/C47H58N6O8/c1-31(2)43(52-42(56)23-26-53-24-21-37(22-25-53)61-41-16-10-9-15-35(41)27-32-11-5-3-6-12-32)47(60)51-40(30-54)46(59)50-39(29-34-17-19-36(55)20-18-34)45(58)49-38(44(48)57)28-33-13-7-4-8-14-33/h3-20,31,37-40,43,54-55H,21-30H2,1-2H3,(H2,48,57)(H,49,58)(H,50,59)(H,51,60)(H,52,56)/t38-,39-,40-,43-/m0/s1. The van der Waals surface area contributed by atoms with E-state index in [2.05, 4.69) is 44.4 Å². The van der Waals surface area contributed by atoms with E-state index < -0.39 is 54.4 Å². The van der Waals surface area contributed by atoms with Crippen LogP contribution >= 0.6 is 0 Å². The molecule has 1 aliphatic rings. The number of phenols is 1. The number of nitrogens with two attached hydrogens (primary N) is 1. The number of benzene rings is 4. The Balaban J connectivity index is 1.12. The molecular formula is C47H58N6O8. The van der Waals surface area contributed by atoms with E-state index in [-0.39, 0.29) is 42.9 Å². The molecule has 0 aliphatic carbocycles. The van der Waals surface area contributed by atoms with Crippen molar-refractivity contribution < 1.29 is 38.9 Å². The molecule has 0 unspecified atom stereocenters. The first-order valence-corrected chi connectivity index (χ1v) is 20.8. The van der Waals surface area contributed by atoms with E-state index in [0.717, 1.165) is 49.2 Å². The fourth-order valence-electron chi connectivity index (χ4n) is 7.20. The lowest BCUT2D eigenvalue weighted by Crippen LogP contribution is -2.60. The van der Waals surface area contributed by atoms with Gasteiger partial charge in [-0.2, -0.15) is 0 Å². The van der Waals surface area contributed by atoms with E-state index in [1.807, 2.05) is 42.5 Å². The van der Waals surface area contributed by atoms with Crippen LogP contribution in [0.5, 0.6) is 11.5 Å². The molecule has 1 fully saturated rings. The van der Waals surface area contributed by atoms with E-state index in [9.17, 15) is 34.2 Å². The van der Waals surface area contributed by atoms with Crippen molar-refractivity contribution in [3.8, 4) is 11.5 Å². The number of piperidine rings is 1. The molecule has 0 aromatic heterocycles. The van der Waals surface area contributed by atoms with E-state index in [0.29, 0.717) is 12.1 Å². The van der Waals surface area contributed by atoms with Crippen molar-refractivity contribution in [2.24, 2.45) is 11.7 Å².